The van der Waals surface area contributed by atoms with Crippen LogP contribution in [0.25, 0.3) is 81.5 Å². The van der Waals surface area contributed by atoms with Crippen LogP contribution in [0.1, 0.15) is 17.0 Å². The first-order chi connectivity index (χ1) is 25.7. The van der Waals surface area contributed by atoms with Crippen LogP contribution >= 0.6 is 11.3 Å². The van der Waals surface area contributed by atoms with Crippen molar-refractivity contribution in [2.75, 3.05) is 0 Å². The molecule has 4 nitrogen and oxygen atoms in total. The van der Waals surface area contributed by atoms with Crippen molar-refractivity contribution in [1.29, 1.82) is 0 Å². The molecule has 1 aliphatic carbocycles. The maximum atomic E-state index is 6.39. The van der Waals surface area contributed by atoms with Crippen LogP contribution in [0.2, 0.25) is 0 Å². The summed E-state index contributed by atoms with van der Waals surface area (Å²) in [6.45, 7) is 0. The van der Waals surface area contributed by atoms with Crippen molar-refractivity contribution in [1.82, 2.24) is 15.0 Å². The zero-order valence-electron chi connectivity index (χ0n) is 27.9. The standard InChI is InChI=1S/C47H29N3OS/c1-2-11-29-26-30(21-20-28(29)10-1)45-48-46(31-22-23-36-35-14-6-8-19-42(35)52-43(36)27-31)50-47(49-45)38-25-24-34(32-12-3-4-13-33(32)38)37-16-9-18-41-44(37)39-15-5-7-17-40(39)51-41/h1-27,41,44H. The number of para-hydroxylation sites is 1. The zero-order valence-corrected chi connectivity index (χ0v) is 28.7. The minimum absolute atomic E-state index is 0.0234. The molecule has 0 fully saturated rings. The van der Waals surface area contributed by atoms with Gasteiger partial charge in [0.25, 0.3) is 0 Å². The first-order valence-corrected chi connectivity index (χ1v) is 18.4. The van der Waals surface area contributed by atoms with Gasteiger partial charge in [-0.2, -0.15) is 0 Å². The number of fused-ring (bicyclic) bond motifs is 8. The summed E-state index contributed by atoms with van der Waals surface area (Å²) < 4.78 is 8.89. The van der Waals surface area contributed by atoms with Gasteiger partial charge in [0.15, 0.2) is 17.5 Å². The van der Waals surface area contributed by atoms with Crippen molar-refractivity contribution in [3.8, 4) is 39.9 Å². The average Bonchev–Trinajstić information content (AvgIpc) is 3.78. The van der Waals surface area contributed by atoms with Crippen molar-refractivity contribution < 1.29 is 4.74 Å². The Hall–Kier alpha value is -6.43. The number of hydrogen-bond donors (Lipinski definition) is 0. The van der Waals surface area contributed by atoms with E-state index in [1.54, 1.807) is 11.3 Å². The normalized spacial score (nSPS) is 16.3. The molecule has 244 valence electrons. The molecule has 0 spiro atoms. The van der Waals surface area contributed by atoms with Crippen molar-refractivity contribution in [3.05, 3.63) is 175 Å². The van der Waals surface area contributed by atoms with E-state index < -0.39 is 0 Å². The maximum absolute atomic E-state index is 6.39. The molecule has 1 aliphatic heterocycles. The van der Waals surface area contributed by atoms with Gasteiger partial charge < -0.3 is 4.74 Å². The summed E-state index contributed by atoms with van der Waals surface area (Å²) in [4.78, 5) is 15.6. The fraction of sp³-hybridized carbons (Fsp3) is 0.0426. The SMILES string of the molecule is C1=CC2Oc3ccccc3C2C(c2ccc(-c3nc(-c4ccc5ccccc5c4)nc(-c4ccc5c(c4)sc4ccccc45)n3)c3ccccc23)=C1. The van der Waals surface area contributed by atoms with Gasteiger partial charge in [-0.05, 0) is 69.1 Å². The first kappa shape index (κ1) is 29.3. The lowest BCUT2D eigenvalue weighted by Gasteiger charge is -2.24. The molecule has 2 aliphatic rings. The molecular formula is C47H29N3OS. The number of rotatable bonds is 4. The summed E-state index contributed by atoms with van der Waals surface area (Å²) in [6.07, 6.45) is 6.52. The Balaban J connectivity index is 1.10. The number of ether oxygens (including phenoxy) is 1. The second-order valence-electron chi connectivity index (χ2n) is 13.5. The lowest BCUT2D eigenvalue weighted by Crippen LogP contribution is -2.19. The Morgan fingerprint density at radius 3 is 2.04 bits per heavy atom. The van der Waals surface area contributed by atoms with E-state index >= 15 is 0 Å². The van der Waals surface area contributed by atoms with Crippen LogP contribution in [0.5, 0.6) is 5.75 Å². The van der Waals surface area contributed by atoms with Crippen LogP contribution in [0.4, 0.5) is 0 Å². The lowest BCUT2D eigenvalue weighted by atomic mass is 9.79. The molecule has 2 unspecified atom stereocenters. The van der Waals surface area contributed by atoms with E-state index in [-0.39, 0.29) is 12.0 Å². The Bertz CT molecular complexity index is 2980. The molecule has 0 radical (unpaired) electrons. The number of hydrogen-bond acceptors (Lipinski definition) is 5. The van der Waals surface area contributed by atoms with Crippen molar-refractivity contribution in [2.45, 2.75) is 12.0 Å². The van der Waals surface area contributed by atoms with E-state index in [0.29, 0.717) is 17.5 Å². The summed E-state index contributed by atoms with van der Waals surface area (Å²) in [5.41, 5.74) is 6.57. The van der Waals surface area contributed by atoms with Gasteiger partial charge in [-0.15, -0.1) is 11.3 Å². The third kappa shape index (κ3) is 4.63. The number of allylic oxidation sites excluding steroid dienone is 2. The molecule has 5 heteroatoms. The topological polar surface area (TPSA) is 47.9 Å². The van der Waals surface area contributed by atoms with Crippen LogP contribution < -0.4 is 4.74 Å². The lowest BCUT2D eigenvalue weighted by molar-refractivity contribution is 0.271. The van der Waals surface area contributed by atoms with Crippen LogP contribution in [-0.4, -0.2) is 21.1 Å². The van der Waals surface area contributed by atoms with Gasteiger partial charge in [0.05, 0.1) is 5.92 Å². The van der Waals surface area contributed by atoms with Gasteiger partial charge >= 0.3 is 0 Å². The summed E-state index contributed by atoms with van der Waals surface area (Å²) in [7, 11) is 0. The number of nitrogens with zero attached hydrogens (tertiary/aromatic N) is 3. The van der Waals surface area contributed by atoms with Crippen LogP contribution in [0, 0.1) is 0 Å². The molecule has 0 N–H and O–H groups in total. The van der Waals surface area contributed by atoms with Crippen LogP contribution in [0.3, 0.4) is 0 Å². The van der Waals surface area contributed by atoms with E-state index in [2.05, 4.69) is 158 Å². The molecule has 0 saturated carbocycles. The minimum atomic E-state index is -0.0234. The molecule has 2 aromatic heterocycles. The highest BCUT2D eigenvalue weighted by Crippen LogP contribution is 2.49. The number of aromatic nitrogens is 3. The second kappa shape index (κ2) is 11.6. The number of benzene rings is 7. The molecule has 7 aromatic carbocycles. The van der Waals surface area contributed by atoms with Crippen molar-refractivity contribution >= 4 is 58.6 Å². The van der Waals surface area contributed by atoms with Gasteiger partial charge in [0.1, 0.15) is 11.9 Å². The molecule has 0 bridgehead atoms. The highest BCUT2D eigenvalue weighted by atomic mass is 32.1. The molecule has 0 amide bonds. The highest BCUT2D eigenvalue weighted by molar-refractivity contribution is 7.25. The van der Waals surface area contributed by atoms with E-state index in [1.165, 1.54) is 42.3 Å². The predicted molar refractivity (Wildman–Crippen MR) is 215 cm³/mol. The molecule has 3 heterocycles. The van der Waals surface area contributed by atoms with Crippen LogP contribution in [0.15, 0.2) is 164 Å². The molecule has 0 saturated heterocycles. The quantitative estimate of drug-likeness (QED) is 0.185. The molecule has 52 heavy (non-hydrogen) atoms. The molecule has 9 aromatic rings. The number of thiophene rings is 1. The van der Waals surface area contributed by atoms with E-state index in [1.807, 2.05) is 6.07 Å². The first-order valence-electron chi connectivity index (χ1n) is 17.6. The summed E-state index contributed by atoms with van der Waals surface area (Å²) in [5, 5.41) is 7.11. The monoisotopic (exact) mass is 683 g/mol. The van der Waals surface area contributed by atoms with Gasteiger partial charge in [-0.3, -0.25) is 0 Å². The Morgan fingerprint density at radius 1 is 0.500 bits per heavy atom. The fourth-order valence-corrected chi connectivity index (χ4v) is 9.20. The molecular weight excluding hydrogens is 655 g/mol. The Kier molecular flexibility index (Phi) is 6.51. The largest absolute Gasteiger partial charge is 0.485 e. The van der Waals surface area contributed by atoms with E-state index in [9.17, 15) is 0 Å². The Labute approximate surface area is 304 Å². The van der Waals surface area contributed by atoms with Gasteiger partial charge in [-0.25, -0.2) is 15.0 Å². The molecule has 2 atom stereocenters. The van der Waals surface area contributed by atoms with Crippen LogP contribution in [-0.2, 0) is 0 Å². The van der Waals surface area contributed by atoms with E-state index in [0.717, 1.165) is 38.6 Å². The third-order valence-electron chi connectivity index (χ3n) is 10.5. The minimum Gasteiger partial charge on any atom is -0.485 e. The Morgan fingerprint density at radius 2 is 1.15 bits per heavy atom. The van der Waals surface area contributed by atoms with Gasteiger partial charge in [0.2, 0.25) is 0 Å². The molecule has 11 rings (SSSR count). The summed E-state index contributed by atoms with van der Waals surface area (Å²) >= 11 is 1.80. The fourth-order valence-electron chi connectivity index (χ4n) is 8.05. The van der Waals surface area contributed by atoms with Crippen molar-refractivity contribution in [3.63, 3.8) is 0 Å². The van der Waals surface area contributed by atoms with Gasteiger partial charge in [0, 0.05) is 42.4 Å². The van der Waals surface area contributed by atoms with Crippen molar-refractivity contribution in [2.24, 2.45) is 0 Å². The summed E-state index contributed by atoms with van der Waals surface area (Å²) in [5.74, 6) is 3.05. The zero-order chi connectivity index (χ0) is 34.2. The highest BCUT2D eigenvalue weighted by Gasteiger charge is 2.37. The predicted octanol–water partition coefficient (Wildman–Crippen LogP) is 12.0. The average molecular weight is 684 g/mol. The summed E-state index contributed by atoms with van der Waals surface area (Å²) in [6, 6.07) is 51.5. The van der Waals surface area contributed by atoms with E-state index in [4.69, 9.17) is 19.7 Å². The third-order valence-corrected chi connectivity index (χ3v) is 11.6. The smallest absolute Gasteiger partial charge is 0.164 e. The maximum Gasteiger partial charge on any atom is 0.164 e. The van der Waals surface area contributed by atoms with Gasteiger partial charge in [-0.1, -0.05) is 127 Å². The second-order valence-corrected chi connectivity index (χ2v) is 14.6.